The molecule has 7 heteroatoms. The zero-order valence-corrected chi connectivity index (χ0v) is 13.8. The Morgan fingerprint density at radius 1 is 1.28 bits per heavy atom. The number of H-pyrrole nitrogens is 1. The molecule has 1 aromatic heterocycles. The fourth-order valence-corrected chi connectivity index (χ4v) is 2.86. The molecule has 1 aliphatic rings. The summed E-state index contributed by atoms with van der Waals surface area (Å²) in [5, 5.41) is 0. The molecule has 0 aliphatic carbocycles. The lowest BCUT2D eigenvalue weighted by atomic mass is 9.86. The summed E-state index contributed by atoms with van der Waals surface area (Å²) in [6.45, 7) is 1.84. The quantitative estimate of drug-likeness (QED) is 0.853. The summed E-state index contributed by atoms with van der Waals surface area (Å²) in [5.41, 5.74) is 0.625. The van der Waals surface area contributed by atoms with E-state index in [0.717, 1.165) is 5.56 Å². The van der Waals surface area contributed by atoms with E-state index < -0.39 is 23.4 Å². The van der Waals surface area contributed by atoms with Crippen LogP contribution >= 0.6 is 0 Å². The van der Waals surface area contributed by atoms with Crippen molar-refractivity contribution in [3.05, 3.63) is 57.5 Å². The van der Waals surface area contributed by atoms with E-state index in [1.54, 1.807) is 38.3 Å². The average molecular weight is 343 g/mol. The molecule has 25 heavy (non-hydrogen) atoms. The number of aromatic amines is 1. The van der Waals surface area contributed by atoms with Crippen molar-refractivity contribution < 1.29 is 23.8 Å². The highest BCUT2D eigenvalue weighted by atomic mass is 16.5. The van der Waals surface area contributed by atoms with Crippen molar-refractivity contribution in [1.29, 1.82) is 0 Å². The summed E-state index contributed by atoms with van der Waals surface area (Å²) in [7, 11) is 1.55. The summed E-state index contributed by atoms with van der Waals surface area (Å²) in [5.74, 6) is -1.04. The number of aromatic nitrogens is 1. The Morgan fingerprint density at radius 3 is 2.64 bits per heavy atom. The highest BCUT2D eigenvalue weighted by Gasteiger charge is 2.34. The lowest BCUT2D eigenvalue weighted by molar-refractivity contribution is -0.135. The number of pyridine rings is 1. The third-order valence-electron chi connectivity index (χ3n) is 4.03. The lowest BCUT2D eigenvalue weighted by Gasteiger charge is -2.25. The second-order valence-corrected chi connectivity index (χ2v) is 5.50. The predicted octanol–water partition coefficient (Wildman–Crippen LogP) is 2.00. The SMILES string of the molecule is CCOC(=O)c1c[nH]c(=O)c2c1OC(=O)C[C@H]2c1ccc(OC)cc1. The molecule has 0 unspecified atom stereocenters. The van der Waals surface area contributed by atoms with E-state index in [9.17, 15) is 14.4 Å². The Labute approximate surface area is 143 Å². The van der Waals surface area contributed by atoms with Crippen molar-refractivity contribution in [2.45, 2.75) is 19.3 Å². The topological polar surface area (TPSA) is 94.7 Å². The highest BCUT2D eigenvalue weighted by molar-refractivity contribution is 5.94. The van der Waals surface area contributed by atoms with E-state index in [0.29, 0.717) is 5.75 Å². The molecule has 2 aromatic rings. The molecule has 0 saturated carbocycles. The number of nitrogens with one attached hydrogen (secondary N) is 1. The lowest BCUT2D eigenvalue weighted by Crippen LogP contribution is -2.30. The van der Waals surface area contributed by atoms with E-state index in [2.05, 4.69) is 4.98 Å². The minimum Gasteiger partial charge on any atom is -0.497 e. The highest BCUT2D eigenvalue weighted by Crippen LogP contribution is 2.38. The molecule has 0 fully saturated rings. The normalized spacial score (nSPS) is 15.9. The first-order chi connectivity index (χ1) is 12.0. The minimum atomic E-state index is -0.654. The standard InChI is InChI=1S/C18H17NO6/c1-3-24-18(22)13-9-19-17(21)15-12(8-14(20)25-16(13)15)10-4-6-11(23-2)7-5-10/h4-7,9,12H,3,8H2,1-2H3,(H,19,21)/t12-/m0/s1. The Bertz CT molecular complexity index is 868. The summed E-state index contributed by atoms with van der Waals surface area (Å²) in [4.78, 5) is 39.1. The van der Waals surface area contributed by atoms with Crippen LogP contribution in [0.4, 0.5) is 0 Å². The molecule has 0 spiro atoms. The van der Waals surface area contributed by atoms with Crippen molar-refractivity contribution in [3.8, 4) is 11.5 Å². The van der Waals surface area contributed by atoms with Crippen molar-refractivity contribution >= 4 is 11.9 Å². The summed E-state index contributed by atoms with van der Waals surface area (Å²) in [6, 6.07) is 7.06. The number of fused-ring (bicyclic) bond motifs is 1. The van der Waals surface area contributed by atoms with Gasteiger partial charge in [-0.05, 0) is 24.6 Å². The van der Waals surface area contributed by atoms with Gasteiger partial charge in [-0.2, -0.15) is 0 Å². The van der Waals surface area contributed by atoms with Gasteiger partial charge in [0.1, 0.15) is 11.3 Å². The molecule has 1 aliphatic heterocycles. The van der Waals surface area contributed by atoms with E-state index in [-0.39, 0.29) is 29.9 Å². The van der Waals surface area contributed by atoms with Gasteiger partial charge >= 0.3 is 11.9 Å². The van der Waals surface area contributed by atoms with Crippen LogP contribution < -0.4 is 15.0 Å². The third kappa shape index (κ3) is 3.13. The molecule has 0 bridgehead atoms. The Balaban J connectivity index is 2.13. The summed E-state index contributed by atoms with van der Waals surface area (Å²) < 4.78 is 15.3. The number of esters is 2. The molecule has 130 valence electrons. The Morgan fingerprint density at radius 2 is 2.00 bits per heavy atom. The fraction of sp³-hybridized carbons (Fsp3) is 0.278. The van der Waals surface area contributed by atoms with Crippen LogP contribution in [0.15, 0.2) is 35.3 Å². The van der Waals surface area contributed by atoms with E-state index in [1.807, 2.05) is 0 Å². The van der Waals surface area contributed by atoms with Gasteiger partial charge in [-0.1, -0.05) is 12.1 Å². The number of ether oxygens (including phenoxy) is 3. The first-order valence-electron chi connectivity index (χ1n) is 7.82. The van der Waals surface area contributed by atoms with E-state index in [1.165, 1.54) is 6.20 Å². The van der Waals surface area contributed by atoms with Gasteiger partial charge < -0.3 is 19.2 Å². The second kappa shape index (κ2) is 6.80. The summed E-state index contributed by atoms with van der Waals surface area (Å²) in [6.07, 6.45) is 1.22. The van der Waals surface area contributed by atoms with Crippen molar-refractivity contribution in [2.24, 2.45) is 0 Å². The zero-order valence-electron chi connectivity index (χ0n) is 13.8. The van der Waals surface area contributed by atoms with Gasteiger partial charge in [0.2, 0.25) is 0 Å². The molecule has 0 amide bonds. The summed E-state index contributed by atoms with van der Waals surface area (Å²) >= 11 is 0. The van der Waals surface area contributed by atoms with Crippen molar-refractivity contribution in [1.82, 2.24) is 4.98 Å². The molecule has 1 atom stereocenters. The molecule has 1 N–H and O–H groups in total. The number of hydrogen-bond donors (Lipinski definition) is 1. The van der Waals surface area contributed by atoms with Gasteiger partial charge in [-0.15, -0.1) is 0 Å². The van der Waals surface area contributed by atoms with Crippen LogP contribution in [0.1, 0.15) is 40.7 Å². The smallest absolute Gasteiger partial charge is 0.343 e. The van der Waals surface area contributed by atoms with Crippen LogP contribution in [0, 0.1) is 0 Å². The molecule has 2 heterocycles. The molecule has 0 saturated heterocycles. The fourth-order valence-electron chi connectivity index (χ4n) is 2.86. The molecule has 0 radical (unpaired) electrons. The molecule has 3 rings (SSSR count). The number of carbonyl (C=O) groups is 2. The maximum atomic E-state index is 12.4. The molecule has 7 nitrogen and oxygen atoms in total. The van der Waals surface area contributed by atoms with Crippen LogP contribution in [0.3, 0.4) is 0 Å². The van der Waals surface area contributed by atoms with Crippen LogP contribution in [0.25, 0.3) is 0 Å². The number of hydrogen-bond acceptors (Lipinski definition) is 6. The maximum absolute atomic E-state index is 12.4. The van der Waals surface area contributed by atoms with Gasteiger partial charge in [0.15, 0.2) is 5.75 Å². The molecular weight excluding hydrogens is 326 g/mol. The first kappa shape index (κ1) is 16.8. The third-order valence-corrected chi connectivity index (χ3v) is 4.03. The van der Waals surface area contributed by atoms with E-state index in [4.69, 9.17) is 14.2 Å². The second-order valence-electron chi connectivity index (χ2n) is 5.50. The number of carbonyl (C=O) groups excluding carboxylic acids is 2. The largest absolute Gasteiger partial charge is 0.497 e. The number of benzene rings is 1. The minimum absolute atomic E-state index is 0.00862. The number of methoxy groups -OCH3 is 1. The van der Waals surface area contributed by atoms with Crippen LogP contribution in [-0.4, -0.2) is 30.6 Å². The van der Waals surface area contributed by atoms with Crippen molar-refractivity contribution in [3.63, 3.8) is 0 Å². The van der Waals surface area contributed by atoms with Gasteiger partial charge in [-0.3, -0.25) is 9.59 Å². The number of rotatable bonds is 4. The Kier molecular flexibility index (Phi) is 4.56. The van der Waals surface area contributed by atoms with Gasteiger partial charge in [0.25, 0.3) is 5.56 Å². The van der Waals surface area contributed by atoms with Gasteiger partial charge in [0, 0.05) is 12.1 Å². The maximum Gasteiger partial charge on any atom is 0.343 e. The van der Waals surface area contributed by atoms with Gasteiger partial charge in [0.05, 0.1) is 25.7 Å². The van der Waals surface area contributed by atoms with Crippen LogP contribution in [0.5, 0.6) is 11.5 Å². The van der Waals surface area contributed by atoms with Crippen molar-refractivity contribution in [2.75, 3.05) is 13.7 Å². The predicted molar refractivity (Wildman–Crippen MR) is 88.1 cm³/mol. The Hall–Kier alpha value is -3.09. The zero-order chi connectivity index (χ0) is 18.0. The first-order valence-corrected chi connectivity index (χ1v) is 7.82. The average Bonchev–Trinajstić information content (AvgIpc) is 2.61. The van der Waals surface area contributed by atoms with E-state index >= 15 is 0 Å². The van der Waals surface area contributed by atoms with Crippen LogP contribution in [-0.2, 0) is 9.53 Å². The monoisotopic (exact) mass is 343 g/mol. The molecular formula is C18H17NO6. The van der Waals surface area contributed by atoms with Crippen LogP contribution in [0.2, 0.25) is 0 Å². The molecule has 1 aromatic carbocycles. The van der Waals surface area contributed by atoms with Gasteiger partial charge in [-0.25, -0.2) is 4.79 Å².